The highest BCUT2D eigenvalue weighted by molar-refractivity contribution is 7.10. The number of hydrogen-bond donors (Lipinski definition) is 1. The highest BCUT2D eigenvalue weighted by Gasteiger charge is 2.04. The Bertz CT molecular complexity index is 364. The van der Waals surface area contributed by atoms with Crippen LogP contribution >= 0.6 is 22.7 Å². The van der Waals surface area contributed by atoms with Crippen molar-refractivity contribution in [1.82, 2.24) is 5.32 Å². The summed E-state index contributed by atoms with van der Waals surface area (Å²) in [6.45, 7) is 3.27. The predicted molar refractivity (Wildman–Crippen MR) is 68.8 cm³/mol. The summed E-state index contributed by atoms with van der Waals surface area (Å²) < 4.78 is 0. The Labute approximate surface area is 98.8 Å². The normalized spacial score (nSPS) is 12.9. The van der Waals surface area contributed by atoms with Crippen LogP contribution in [0.1, 0.15) is 23.4 Å². The van der Waals surface area contributed by atoms with Crippen molar-refractivity contribution in [3.8, 4) is 0 Å². The summed E-state index contributed by atoms with van der Waals surface area (Å²) in [6, 6.07) is 6.97. The summed E-state index contributed by atoms with van der Waals surface area (Å²) in [7, 11) is 0. The third kappa shape index (κ3) is 3.16. The number of thiophene rings is 2. The highest BCUT2D eigenvalue weighted by Crippen LogP contribution is 2.17. The van der Waals surface area contributed by atoms with Gasteiger partial charge in [-0.2, -0.15) is 11.3 Å². The molecule has 0 spiro atoms. The summed E-state index contributed by atoms with van der Waals surface area (Å²) in [5.41, 5.74) is 1.44. The van der Waals surface area contributed by atoms with Crippen molar-refractivity contribution in [2.24, 2.45) is 0 Å². The van der Waals surface area contributed by atoms with Gasteiger partial charge in [-0.3, -0.25) is 0 Å². The Kier molecular flexibility index (Phi) is 3.94. The van der Waals surface area contributed by atoms with E-state index in [0.717, 1.165) is 13.0 Å². The van der Waals surface area contributed by atoms with Gasteiger partial charge in [-0.1, -0.05) is 6.07 Å². The van der Waals surface area contributed by atoms with E-state index >= 15 is 0 Å². The average Bonchev–Trinajstić information content (AvgIpc) is 2.90. The van der Waals surface area contributed by atoms with Gasteiger partial charge in [-0.05, 0) is 53.7 Å². The van der Waals surface area contributed by atoms with Gasteiger partial charge in [0.15, 0.2) is 0 Å². The molecule has 2 heterocycles. The molecule has 80 valence electrons. The third-order valence-corrected chi connectivity index (χ3v) is 4.20. The molecule has 0 aromatic carbocycles. The van der Waals surface area contributed by atoms with Gasteiger partial charge >= 0.3 is 0 Å². The third-order valence-electron chi connectivity index (χ3n) is 2.41. The van der Waals surface area contributed by atoms with E-state index in [9.17, 15) is 0 Å². The number of hydrogen-bond acceptors (Lipinski definition) is 3. The Morgan fingerprint density at radius 3 is 2.93 bits per heavy atom. The van der Waals surface area contributed by atoms with Crippen LogP contribution in [0.3, 0.4) is 0 Å². The molecule has 2 aromatic rings. The van der Waals surface area contributed by atoms with Gasteiger partial charge in [-0.15, -0.1) is 11.3 Å². The predicted octanol–water partition coefficient (Wildman–Crippen LogP) is 3.70. The molecule has 0 radical (unpaired) electrons. The van der Waals surface area contributed by atoms with Gasteiger partial charge in [0.1, 0.15) is 0 Å². The van der Waals surface area contributed by atoms with Crippen LogP contribution in [0.4, 0.5) is 0 Å². The van der Waals surface area contributed by atoms with Crippen LogP contribution < -0.4 is 5.32 Å². The van der Waals surface area contributed by atoms with Crippen molar-refractivity contribution in [2.45, 2.75) is 19.4 Å². The lowest BCUT2D eigenvalue weighted by Gasteiger charge is -2.11. The summed E-state index contributed by atoms with van der Waals surface area (Å²) in [5, 5.41) is 10.0. The van der Waals surface area contributed by atoms with Crippen LogP contribution in [-0.4, -0.2) is 6.54 Å². The van der Waals surface area contributed by atoms with Crippen molar-refractivity contribution in [3.05, 3.63) is 44.8 Å². The first-order valence-corrected chi connectivity index (χ1v) is 6.96. The fraction of sp³-hybridized carbons (Fsp3) is 0.333. The van der Waals surface area contributed by atoms with Crippen LogP contribution in [0.25, 0.3) is 0 Å². The van der Waals surface area contributed by atoms with Crippen LogP contribution in [0.15, 0.2) is 34.3 Å². The van der Waals surface area contributed by atoms with E-state index in [1.54, 1.807) is 11.3 Å². The highest BCUT2D eigenvalue weighted by atomic mass is 32.1. The molecule has 15 heavy (non-hydrogen) atoms. The van der Waals surface area contributed by atoms with Gasteiger partial charge in [0, 0.05) is 10.9 Å². The van der Waals surface area contributed by atoms with Crippen LogP contribution in [-0.2, 0) is 6.42 Å². The maximum Gasteiger partial charge on any atom is 0.0386 e. The second-order valence-electron chi connectivity index (χ2n) is 3.57. The van der Waals surface area contributed by atoms with Crippen LogP contribution in [0.5, 0.6) is 0 Å². The molecule has 0 saturated carbocycles. The Morgan fingerprint density at radius 2 is 2.27 bits per heavy atom. The average molecular weight is 237 g/mol. The van der Waals surface area contributed by atoms with Gasteiger partial charge in [0.25, 0.3) is 0 Å². The van der Waals surface area contributed by atoms with E-state index in [1.807, 2.05) is 11.3 Å². The summed E-state index contributed by atoms with van der Waals surface area (Å²) in [4.78, 5) is 1.42. The molecular formula is C12H15NS2. The van der Waals surface area contributed by atoms with E-state index in [-0.39, 0.29) is 0 Å². The molecule has 0 aliphatic heterocycles. The SMILES string of the molecule is C[C@H](NCCc1ccsc1)c1cccs1. The zero-order chi connectivity index (χ0) is 10.5. The second-order valence-corrected chi connectivity index (χ2v) is 5.33. The van der Waals surface area contributed by atoms with E-state index in [4.69, 9.17) is 0 Å². The lowest BCUT2D eigenvalue weighted by atomic mass is 10.2. The van der Waals surface area contributed by atoms with Gasteiger partial charge in [-0.25, -0.2) is 0 Å². The molecule has 3 heteroatoms. The fourth-order valence-electron chi connectivity index (χ4n) is 1.51. The zero-order valence-electron chi connectivity index (χ0n) is 8.77. The first kappa shape index (κ1) is 10.9. The molecule has 1 nitrogen and oxygen atoms in total. The van der Waals surface area contributed by atoms with Crippen LogP contribution in [0.2, 0.25) is 0 Å². The maximum absolute atomic E-state index is 3.54. The maximum atomic E-state index is 3.54. The molecule has 1 atom stereocenters. The van der Waals surface area contributed by atoms with E-state index in [1.165, 1.54) is 10.4 Å². The standard InChI is InChI=1S/C12H15NS2/c1-10(12-3-2-7-15-12)13-6-4-11-5-8-14-9-11/h2-3,5,7-10,13H,4,6H2,1H3/t10-/m0/s1. The minimum absolute atomic E-state index is 0.476. The monoisotopic (exact) mass is 237 g/mol. The first-order valence-electron chi connectivity index (χ1n) is 5.14. The zero-order valence-corrected chi connectivity index (χ0v) is 10.4. The number of rotatable bonds is 5. The van der Waals surface area contributed by atoms with E-state index in [0.29, 0.717) is 6.04 Å². The molecule has 0 aliphatic carbocycles. The smallest absolute Gasteiger partial charge is 0.0386 e. The van der Waals surface area contributed by atoms with E-state index in [2.05, 4.69) is 46.6 Å². The van der Waals surface area contributed by atoms with Crippen molar-refractivity contribution >= 4 is 22.7 Å². The minimum Gasteiger partial charge on any atom is -0.309 e. The Balaban J connectivity index is 1.74. The summed E-state index contributed by atoms with van der Waals surface area (Å²) in [6.07, 6.45) is 1.12. The molecule has 2 rings (SSSR count). The van der Waals surface area contributed by atoms with Crippen molar-refractivity contribution in [3.63, 3.8) is 0 Å². The topological polar surface area (TPSA) is 12.0 Å². The largest absolute Gasteiger partial charge is 0.309 e. The lowest BCUT2D eigenvalue weighted by Crippen LogP contribution is -2.20. The summed E-state index contributed by atoms with van der Waals surface area (Å²) >= 11 is 3.59. The lowest BCUT2D eigenvalue weighted by molar-refractivity contribution is 0.585. The Morgan fingerprint density at radius 1 is 1.33 bits per heavy atom. The first-order chi connectivity index (χ1) is 7.36. The Hall–Kier alpha value is -0.640. The van der Waals surface area contributed by atoms with E-state index < -0.39 is 0 Å². The van der Waals surface area contributed by atoms with Crippen molar-refractivity contribution < 1.29 is 0 Å². The van der Waals surface area contributed by atoms with Gasteiger partial charge in [0.2, 0.25) is 0 Å². The number of nitrogens with one attached hydrogen (secondary N) is 1. The molecule has 0 aliphatic rings. The minimum atomic E-state index is 0.476. The van der Waals surface area contributed by atoms with Crippen LogP contribution in [0, 0.1) is 0 Å². The molecule has 0 fully saturated rings. The van der Waals surface area contributed by atoms with Crippen molar-refractivity contribution in [1.29, 1.82) is 0 Å². The quantitative estimate of drug-likeness (QED) is 0.836. The molecule has 1 N–H and O–H groups in total. The second kappa shape index (κ2) is 5.45. The molecule has 0 amide bonds. The van der Waals surface area contributed by atoms with Gasteiger partial charge in [0.05, 0.1) is 0 Å². The molecule has 0 saturated heterocycles. The summed E-state index contributed by atoms with van der Waals surface area (Å²) in [5.74, 6) is 0. The fourth-order valence-corrected chi connectivity index (χ4v) is 2.97. The molecule has 2 aromatic heterocycles. The molecule has 0 bridgehead atoms. The van der Waals surface area contributed by atoms with Gasteiger partial charge < -0.3 is 5.32 Å². The molecular weight excluding hydrogens is 222 g/mol. The molecule has 0 unspecified atom stereocenters. The van der Waals surface area contributed by atoms with Crippen molar-refractivity contribution in [2.75, 3.05) is 6.54 Å².